The molecular formula is C20H22F3N3O2. The number of nitrogens with two attached hydrogens (primary N) is 1. The summed E-state index contributed by atoms with van der Waals surface area (Å²) in [5.41, 5.74) is 7.30. The Hall–Kier alpha value is -3.03. The Labute approximate surface area is 161 Å². The van der Waals surface area contributed by atoms with Crippen LogP contribution in [-0.4, -0.2) is 30.6 Å². The van der Waals surface area contributed by atoms with Crippen LogP contribution in [0.2, 0.25) is 0 Å². The van der Waals surface area contributed by atoms with Gasteiger partial charge >= 0.3 is 6.18 Å². The Kier molecular flexibility index (Phi) is 6.66. The Morgan fingerprint density at radius 3 is 2.46 bits per heavy atom. The molecule has 1 aliphatic rings. The summed E-state index contributed by atoms with van der Waals surface area (Å²) in [6.45, 7) is 3.63. The number of carbonyl (C=O) groups is 2. The summed E-state index contributed by atoms with van der Waals surface area (Å²) >= 11 is 0. The van der Waals surface area contributed by atoms with E-state index >= 15 is 0 Å². The summed E-state index contributed by atoms with van der Waals surface area (Å²) in [7, 11) is 0. The normalized spacial score (nSPS) is 18.0. The number of carbonyl (C=O) groups excluding carboxylic acids is 2. The molecule has 2 amide bonds. The van der Waals surface area contributed by atoms with Gasteiger partial charge in [0.05, 0.1) is 17.4 Å². The minimum Gasteiger partial charge on any atom is -0.402 e. The van der Waals surface area contributed by atoms with E-state index in [1.165, 1.54) is 25.2 Å². The average Bonchev–Trinajstić information content (AvgIpc) is 2.59. The number of alkyl halides is 3. The van der Waals surface area contributed by atoms with E-state index in [-0.39, 0.29) is 36.1 Å². The highest BCUT2D eigenvalue weighted by Crippen LogP contribution is 2.35. The summed E-state index contributed by atoms with van der Waals surface area (Å²) in [6.07, 6.45) is 0.666. The molecule has 0 fully saturated rings. The van der Waals surface area contributed by atoms with Crippen LogP contribution in [-0.2, 0) is 9.59 Å². The van der Waals surface area contributed by atoms with E-state index in [1.54, 1.807) is 34.1 Å². The first-order chi connectivity index (χ1) is 13.1. The molecule has 0 bridgehead atoms. The van der Waals surface area contributed by atoms with Gasteiger partial charge in [-0.25, -0.2) is 0 Å². The van der Waals surface area contributed by atoms with Crippen LogP contribution in [0.15, 0.2) is 60.3 Å². The van der Waals surface area contributed by atoms with Crippen LogP contribution in [0.1, 0.15) is 20.3 Å². The van der Waals surface area contributed by atoms with Gasteiger partial charge in [0, 0.05) is 37.7 Å². The van der Waals surface area contributed by atoms with Gasteiger partial charge in [0.2, 0.25) is 5.91 Å². The van der Waals surface area contributed by atoms with E-state index in [9.17, 15) is 22.8 Å². The molecule has 0 aliphatic carbocycles. The van der Waals surface area contributed by atoms with E-state index < -0.39 is 6.18 Å². The van der Waals surface area contributed by atoms with Crippen molar-refractivity contribution in [1.82, 2.24) is 0 Å². The largest absolute Gasteiger partial charge is 0.409 e. The second kappa shape index (κ2) is 8.77. The van der Waals surface area contributed by atoms with Gasteiger partial charge in [-0.3, -0.25) is 9.59 Å². The number of nitrogens with zero attached hydrogens (tertiary/aromatic N) is 2. The highest BCUT2D eigenvalue weighted by molar-refractivity contribution is 6.07. The smallest absolute Gasteiger partial charge is 0.402 e. The van der Waals surface area contributed by atoms with Crippen LogP contribution in [0.3, 0.4) is 0 Å². The molecule has 1 unspecified atom stereocenters. The number of allylic oxidation sites excluding steroid dienone is 4. The number of hydrogen-bond donors (Lipinski definition) is 1. The zero-order chi connectivity index (χ0) is 20.9. The summed E-state index contributed by atoms with van der Waals surface area (Å²) in [4.78, 5) is 27.8. The highest BCUT2D eigenvalue weighted by atomic mass is 19.4. The Morgan fingerprint density at radius 1 is 1.21 bits per heavy atom. The van der Waals surface area contributed by atoms with Crippen molar-refractivity contribution >= 4 is 23.2 Å². The molecule has 1 aromatic rings. The molecular weight excluding hydrogens is 371 g/mol. The number of halogens is 3. The molecule has 2 rings (SSSR count). The van der Waals surface area contributed by atoms with Crippen LogP contribution >= 0.6 is 0 Å². The average molecular weight is 393 g/mol. The van der Waals surface area contributed by atoms with Gasteiger partial charge in [0.1, 0.15) is 0 Å². The van der Waals surface area contributed by atoms with Crippen molar-refractivity contribution in [3.63, 3.8) is 0 Å². The topological polar surface area (TPSA) is 66.6 Å². The lowest BCUT2D eigenvalue weighted by Crippen LogP contribution is -2.51. The zero-order valence-corrected chi connectivity index (χ0v) is 15.6. The van der Waals surface area contributed by atoms with Crippen molar-refractivity contribution < 1.29 is 22.8 Å². The van der Waals surface area contributed by atoms with Gasteiger partial charge in [-0.2, -0.15) is 13.2 Å². The number of benzene rings is 1. The first kappa shape index (κ1) is 21.3. The number of para-hydroxylation sites is 2. The fourth-order valence-electron chi connectivity index (χ4n) is 3.01. The van der Waals surface area contributed by atoms with Gasteiger partial charge in [-0.1, -0.05) is 30.4 Å². The highest BCUT2D eigenvalue weighted by Gasteiger charge is 2.32. The van der Waals surface area contributed by atoms with Crippen molar-refractivity contribution in [1.29, 1.82) is 0 Å². The van der Waals surface area contributed by atoms with Crippen molar-refractivity contribution in [3.8, 4) is 0 Å². The Bertz CT molecular complexity index is 828. The Balaban J connectivity index is 2.14. The molecule has 28 heavy (non-hydrogen) atoms. The summed E-state index contributed by atoms with van der Waals surface area (Å²) in [6, 6.07) is 6.88. The van der Waals surface area contributed by atoms with Gasteiger partial charge in [0.25, 0.3) is 5.91 Å². The number of rotatable bonds is 4. The van der Waals surface area contributed by atoms with E-state index in [2.05, 4.69) is 0 Å². The van der Waals surface area contributed by atoms with Gasteiger partial charge in [-0.15, -0.1) is 0 Å². The van der Waals surface area contributed by atoms with Crippen LogP contribution in [0, 0.1) is 0 Å². The monoisotopic (exact) mass is 393 g/mol. The molecule has 1 aromatic carbocycles. The third kappa shape index (κ3) is 5.48. The minimum absolute atomic E-state index is 0.112. The molecule has 1 atom stereocenters. The zero-order valence-electron chi connectivity index (χ0n) is 15.6. The summed E-state index contributed by atoms with van der Waals surface area (Å²) < 4.78 is 36.1. The fraction of sp³-hybridized carbons (Fsp3) is 0.300. The van der Waals surface area contributed by atoms with Crippen molar-refractivity contribution in [2.24, 2.45) is 5.73 Å². The molecule has 0 saturated carbocycles. The maximum Gasteiger partial charge on any atom is 0.409 e. The van der Waals surface area contributed by atoms with Crippen molar-refractivity contribution in [2.45, 2.75) is 32.5 Å². The van der Waals surface area contributed by atoms with E-state index in [0.29, 0.717) is 17.9 Å². The lowest BCUT2D eigenvalue weighted by molar-refractivity contribution is -0.118. The molecule has 1 aliphatic heterocycles. The van der Waals surface area contributed by atoms with Crippen LogP contribution in [0.25, 0.3) is 0 Å². The van der Waals surface area contributed by atoms with Gasteiger partial charge in [-0.05, 0) is 19.1 Å². The van der Waals surface area contributed by atoms with Gasteiger partial charge < -0.3 is 15.5 Å². The lowest BCUT2D eigenvalue weighted by Gasteiger charge is -2.40. The second-order valence-corrected chi connectivity index (χ2v) is 6.43. The van der Waals surface area contributed by atoms with Crippen molar-refractivity contribution in [3.05, 3.63) is 60.3 Å². The standard InChI is InChI=1S/C20H22F3N3O2/c1-14-13-25(17-9-5-6-10-18(17)26(14)15(2)27)19(28)12-16(24)8-4-3-7-11-20(21,22)23/h3-7,9-12,14H,8,13,24H2,1-2H3/b4-3-,11-7+,16-12+. The van der Waals surface area contributed by atoms with Crippen LogP contribution < -0.4 is 15.5 Å². The molecule has 1 heterocycles. The summed E-state index contributed by atoms with van der Waals surface area (Å²) in [5.74, 6) is -0.460. The molecule has 150 valence electrons. The quantitative estimate of drug-likeness (QED) is 0.627. The van der Waals surface area contributed by atoms with Crippen LogP contribution in [0.5, 0.6) is 0 Å². The Morgan fingerprint density at radius 2 is 1.86 bits per heavy atom. The third-order valence-electron chi connectivity index (χ3n) is 4.12. The number of amides is 2. The van der Waals surface area contributed by atoms with E-state index in [1.807, 2.05) is 6.92 Å². The number of fused-ring (bicyclic) bond motifs is 1. The first-order valence-electron chi connectivity index (χ1n) is 8.67. The maximum absolute atomic E-state index is 12.7. The lowest BCUT2D eigenvalue weighted by atomic mass is 10.1. The van der Waals surface area contributed by atoms with E-state index in [4.69, 9.17) is 5.73 Å². The number of hydrogen-bond acceptors (Lipinski definition) is 3. The van der Waals surface area contributed by atoms with E-state index in [0.717, 1.165) is 6.08 Å². The number of anilines is 2. The van der Waals surface area contributed by atoms with Crippen molar-refractivity contribution in [2.75, 3.05) is 16.3 Å². The predicted octanol–water partition coefficient (Wildman–Crippen LogP) is 3.68. The molecule has 0 spiro atoms. The van der Waals surface area contributed by atoms with Gasteiger partial charge in [0.15, 0.2) is 0 Å². The molecule has 2 N–H and O–H groups in total. The maximum atomic E-state index is 12.7. The SMILES string of the molecule is CC(=O)N1c2ccccc2N(C(=O)/C=C(/N)C/C=C\C=C\C(F)(F)F)CC1C. The minimum atomic E-state index is -4.37. The molecule has 8 heteroatoms. The first-order valence-corrected chi connectivity index (χ1v) is 8.67. The molecule has 0 aromatic heterocycles. The molecule has 0 radical (unpaired) electrons. The summed E-state index contributed by atoms with van der Waals surface area (Å²) in [5, 5.41) is 0. The third-order valence-corrected chi connectivity index (χ3v) is 4.12. The predicted molar refractivity (Wildman–Crippen MR) is 103 cm³/mol. The second-order valence-electron chi connectivity index (χ2n) is 6.43. The fourth-order valence-corrected chi connectivity index (χ4v) is 3.01. The molecule has 0 saturated heterocycles. The van der Waals surface area contributed by atoms with Crippen LogP contribution in [0.4, 0.5) is 24.5 Å². The molecule has 5 nitrogen and oxygen atoms in total.